The van der Waals surface area contributed by atoms with Gasteiger partial charge in [0.15, 0.2) is 11.5 Å². The van der Waals surface area contributed by atoms with E-state index in [2.05, 4.69) is 10.3 Å². The van der Waals surface area contributed by atoms with E-state index in [-0.39, 0.29) is 22.7 Å². The number of carbonyl (C=O) groups is 1. The summed E-state index contributed by atoms with van der Waals surface area (Å²) in [5.41, 5.74) is 4.30. The zero-order valence-corrected chi connectivity index (χ0v) is 24.1. The lowest BCUT2D eigenvalue weighted by molar-refractivity contribution is 0.0964. The van der Waals surface area contributed by atoms with Crippen LogP contribution in [0.25, 0.3) is 44.5 Å². The lowest BCUT2D eigenvalue weighted by Gasteiger charge is -2.20. The molecule has 0 atom stereocenters. The molecule has 8 nitrogen and oxygen atoms in total. The Morgan fingerprint density at radius 1 is 0.884 bits per heavy atom. The van der Waals surface area contributed by atoms with Crippen molar-refractivity contribution >= 4 is 43.7 Å². The van der Waals surface area contributed by atoms with Crippen LogP contribution in [0.1, 0.15) is 21.8 Å². The Balaban J connectivity index is 1.53. The third kappa shape index (κ3) is 5.35. The number of hydrogen-bond donors (Lipinski definition) is 1. The van der Waals surface area contributed by atoms with Gasteiger partial charge in [0.05, 0.1) is 17.5 Å². The molecule has 0 saturated carbocycles. The summed E-state index contributed by atoms with van der Waals surface area (Å²) >= 11 is 0. The molecule has 43 heavy (non-hydrogen) atoms. The summed E-state index contributed by atoms with van der Waals surface area (Å²) in [5.74, 6) is -0.546. The molecule has 2 heterocycles. The minimum atomic E-state index is -3.70. The van der Waals surface area contributed by atoms with Gasteiger partial charge < -0.3 is 14.2 Å². The fourth-order valence-corrected chi connectivity index (χ4v) is 5.46. The van der Waals surface area contributed by atoms with Crippen molar-refractivity contribution in [2.45, 2.75) is 6.42 Å². The summed E-state index contributed by atoms with van der Waals surface area (Å²) in [7, 11) is -0.783. The number of oxazole rings is 1. The minimum absolute atomic E-state index is 0.219. The minimum Gasteiger partial charge on any atom is -0.455 e. The van der Waals surface area contributed by atoms with Crippen LogP contribution in [0, 0.1) is 11.6 Å². The lowest BCUT2D eigenvalue weighted by atomic mass is 9.98. The maximum atomic E-state index is 13.7. The van der Waals surface area contributed by atoms with Gasteiger partial charge in [0, 0.05) is 43.1 Å². The zero-order chi connectivity index (χ0) is 30.5. The van der Waals surface area contributed by atoms with E-state index < -0.39 is 21.7 Å². The van der Waals surface area contributed by atoms with Crippen molar-refractivity contribution in [1.82, 2.24) is 10.3 Å². The van der Waals surface area contributed by atoms with Gasteiger partial charge in [0.1, 0.15) is 28.5 Å². The van der Waals surface area contributed by atoms with Gasteiger partial charge in [0.2, 0.25) is 10.0 Å². The van der Waals surface area contributed by atoms with Crippen molar-refractivity contribution in [2.75, 3.05) is 24.7 Å². The van der Waals surface area contributed by atoms with Crippen molar-refractivity contribution in [1.29, 1.82) is 0 Å². The van der Waals surface area contributed by atoms with Crippen LogP contribution in [0.5, 0.6) is 0 Å². The van der Waals surface area contributed by atoms with Crippen molar-refractivity contribution in [3.8, 4) is 22.5 Å². The van der Waals surface area contributed by atoms with Crippen LogP contribution in [-0.2, 0) is 16.4 Å². The second kappa shape index (κ2) is 10.7. The molecule has 1 amide bonds. The third-order valence-corrected chi connectivity index (χ3v) is 8.41. The van der Waals surface area contributed by atoms with Crippen molar-refractivity contribution in [2.24, 2.45) is 0 Å². The molecule has 0 aliphatic heterocycles. The first-order chi connectivity index (χ1) is 20.5. The smallest absolute Gasteiger partial charge is 0.255 e. The van der Waals surface area contributed by atoms with E-state index in [4.69, 9.17) is 8.83 Å². The van der Waals surface area contributed by atoms with Gasteiger partial charge >= 0.3 is 0 Å². The standard InChI is InChI=1S/C32H25F2N3O5S/c1-35-32(38)30-24-16-23(20-8-13-27-25(15-20)36-29(41-27)14-18-4-9-21(33)10-5-18)26(37(2)43(3,39)40)17-28(24)42-31(30)19-6-11-22(34)12-7-19/h4-13,15-17H,14H2,1-3H3,(H,35,38). The van der Waals surface area contributed by atoms with Crippen molar-refractivity contribution in [3.63, 3.8) is 0 Å². The molecule has 0 unspecified atom stereocenters. The zero-order valence-electron chi connectivity index (χ0n) is 23.3. The van der Waals surface area contributed by atoms with E-state index in [1.54, 1.807) is 42.5 Å². The Labute approximate surface area is 245 Å². The van der Waals surface area contributed by atoms with Gasteiger partial charge in [-0.2, -0.15) is 0 Å². The van der Waals surface area contributed by atoms with E-state index in [9.17, 15) is 22.0 Å². The topological polar surface area (TPSA) is 106 Å². The van der Waals surface area contributed by atoms with Gasteiger partial charge in [0.25, 0.3) is 5.91 Å². The molecule has 0 spiro atoms. The Morgan fingerprint density at radius 2 is 1.53 bits per heavy atom. The molecule has 11 heteroatoms. The highest BCUT2D eigenvalue weighted by atomic mass is 32.2. The molecule has 0 aliphatic carbocycles. The number of fused-ring (bicyclic) bond motifs is 2. The van der Waals surface area contributed by atoms with Crippen molar-refractivity contribution in [3.05, 3.63) is 108 Å². The van der Waals surface area contributed by atoms with Gasteiger partial charge in [-0.25, -0.2) is 22.2 Å². The number of hydrogen-bond acceptors (Lipinski definition) is 6. The average molecular weight is 602 g/mol. The average Bonchev–Trinajstić information content (AvgIpc) is 3.56. The molecule has 2 aromatic heterocycles. The number of nitrogens with one attached hydrogen (secondary N) is 1. The van der Waals surface area contributed by atoms with Crippen LogP contribution in [-0.4, -0.2) is 39.7 Å². The van der Waals surface area contributed by atoms with Gasteiger partial charge in [-0.05, 0) is 65.7 Å². The Kier molecular flexibility index (Phi) is 6.97. The summed E-state index contributed by atoms with van der Waals surface area (Å²) in [5, 5.41) is 3.07. The molecule has 218 valence electrons. The highest BCUT2D eigenvalue weighted by molar-refractivity contribution is 7.92. The fourth-order valence-electron chi connectivity index (χ4n) is 4.95. The quantitative estimate of drug-likeness (QED) is 0.223. The molecule has 0 saturated heterocycles. The lowest BCUT2D eigenvalue weighted by Crippen LogP contribution is -2.25. The largest absolute Gasteiger partial charge is 0.455 e. The first-order valence-electron chi connectivity index (χ1n) is 13.2. The number of carbonyl (C=O) groups excluding carboxylic acids is 1. The summed E-state index contributed by atoms with van der Waals surface area (Å²) in [6.45, 7) is 0. The predicted molar refractivity (Wildman–Crippen MR) is 160 cm³/mol. The normalized spacial score (nSPS) is 11.7. The molecule has 6 rings (SSSR count). The van der Waals surface area contributed by atoms with Crippen LogP contribution in [0.15, 0.2) is 87.7 Å². The summed E-state index contributed by atoms with van der Waals surface area (Å²) in [6, 6.07) is 20.2. The predicted octanol–water partition coefficient (Wildman–Crippen LogP) is 6.53. The Bertz CT molecular complexity index is 2120. The number of amides is 1. The van der Waals surface area contributed by atoms with Crippen LogP contribution in [0.2, 0.25) is 0 Å². The van der Waals surface area contributed by atoms with E-state index in [1.807, 2.05) is 0 Å². The maximum Gasteiger partial charge on any atom is 0.255 e. The first-order valence-corrected chi connectivity index (χ1v) is 15.0. The van der Waals surface area contributed by atoms with E-state index in [0.717, 1.165) is 16.1 Å². The van der Waals surface area contributed by atoms with Crippen LogP contribution >= 0.6 is 0 Å². The van der Waals surface area contributed by atoms with Crippen molar-refractivity contribution < 1.29 is 30.8 Å². The molecule has 0 radical (unpaired) electrons. The van der Waals surface area contributed by atoms with E-state index >= 15 is 0 Å². The molecule has 0 aliphatic rings. The molecule has 4 aromatic carbocycles. The number of halogens is 2. The maximum absolute atomic E-state index is 13.7. The molecule has 6 aromatic rings. The van der Waals surface area contributed by atoms with E-state index in [0.29, 0.717) is 51.2 Å². The van der Waals surface area contributed by atoms with Gasteiger partial charge in [-0.3, -0.25) is 9.10 Å². The number of nitrogens with zero attached hydrogens (tertiary/aromatic N) is 2. The van der Waals surface area contributed by atoms with Gasteiger partial charge in [-0.1, -0.05) is 18.2 Å². The molecule has 1 N–H and O–H groups in total. The van der Waals surface area contributed by atoms with Crippen LogP contribution in [0.4, 0.5) is 14.5 Å². The first kappa shape index (κ1) is 28.1. The summed E-state index contributed by atoms with van der Waals surface area (Å²) in [4.78, 5) is 17.7. The second-order valence-corrected chi connectivity index (χ2v) is 12.1. The summed E-state index contributed by atoms with van der Waals surface area (Å²) < 4.78 is 65.5. The SMILES string of the molecule is CNC(=O)c1c(-c2ccc(F)cc2)oc2cc(N(C)S(C)(=O)=O)c(-c3ccc4oc(Cc5ccc(F)cc5)nc4c3)cc12. The Morgan fingerprint density at radius 3 is 2.19 bits per heavy atom. The second-order valence-electron chi connectivity index (χ2n) is 10.1. The highest BCUT2D eigenvalue weighted by Gasteiger charge is 2.26. The highest BCUT2D eigenvalue weighted by Crippen LogP contribution is 2.42. The summed E-state index contributed by atoms with van der Waals surface area (Å²) in [6.07, 6.45) is 1.44. The number of rotatable bonds is 7. The van der Waals surface area contributed by atoms with Crippen LogP contribution in [0.3, 0.4) is 0 Å². The Hall–Kier alpha value is -5.03. The van der Waals surface area contributed by atoms with E-state index in [1.165, 1.54) is 50.5 Å². The molecular weight excluding hydrogens is 576 g/mol. The molecular formula is C32H25F2N3O5S. The number of benzene rings is 4. The molecule has 0 bridgehead atoms. The van der Waals surface area contributed by atoms with Crippen LogP contribution < -0.4 is 9.62 Å². The van der Waals surface area contributed by atoms with Gasteiger partial charge in [-0.15, -0.1) is 0 Å². The monoisotopic (exact) mass is 601 g/mol. The number of aromatic nitrogens is 1. The third-order valence-electron chi connectivity index (χ3n) is 7.22. The number of furan rings is 1. The fraction of sp³-hybridized carbons (Fsp3) is 0.125. The number of anilines is 1. The number of sulfonamides is 1. The molecule has 0 fully saturated rings.